The van der Waals surface area contributed by atoms with Crippen LogP contribution >= 0.6 is 0 Å². The standard InChI is InChI=1S/C8H12BNO4/c1-5-6(13-2)4-7(9(11)12)10-8(5)14-3/h4,11-12H,1-3H3. The molecule has 1 rings (SSSR count). The van der Waals surface area contributed by atoms with Crippen molar-refractivity contribution in [3.63, 3.8) is 0 Å². The molecule has 0 fully saturated rings. The van der Waals surface area contributed by atoms with Crippen LogP contribution in [-0.2, 0) is 0 Å². The first kappa shape index (κ1) is 10.8. The fourth-order valence-corrected chi connectivity index (χ4v) is 1.12. The van der Waals surface area contributed by atoms with Gasteiger partial charge in [-0.1, -0.05) is 0 Å². The van der Waals surface area contributed by atoms with Gasteiger partial charge in [-0.2, -0.15) is 0 Å². The summed E-state index contributed by atoms with van der Waals surface area (Å²) in [5.74, 6) is 0.840. The van der Waals surface area contributed by atoms with E-state index in [0.29, 0.717) is 11.6 Å². The van der Waals surface area contributed by atoms with Crippen molar-refractivity contribution in [2.24, 2.45) is 0 Å². The minimum atomic E-state index is -1.63. The zero-order valence-corrected chi connectivity index (χ0v) is 8.31. The van der Waals surface area contributed by atoms with Crippen molar-refractivity contribution >= 4 is 12.7 Å². The minimum Gasteiger partial charge on any atom is -0.496 e. The lowest BCUT2D eigenvalue weighted by molar-refractivity contribution is 0.375. The molecular formula is C8H12BNO4. The summed E-state index contributed by atoms with van der Waals surface area (Å²) in [6, 6.07) is 1.46. The van der Waals surface area contributed by atoms with Gasteiger partial charge < -0.3 is 19.5 Å². The van der Waals surface area contributed by atoms with Crippen molar-refractivity contribution in [3.8, 4) is 11.6 Å². The highest BCUT2D eigenvalue weighted by Gasteiger charge is 2.18. The summed E-state index contributed by atoms with van der Waals surface area (Å²) in [7, 11) is 1.33. The van der Waals surface area contributed by atoms with E-state index in [1.807, 2.05) is 0 Å². The molecule has 0 saturated heterocycles. The Hall–Kier alpha value is -1.27. The van der Waals surface area contributed by atoms with E-state index < -0.39 is 7.12 Å². The molecule has 0 bridgehead atoms. The molecule has 0 saturated carbocycles. The third kappa shape index (κ3) is 1.97. The molecule has 0 unspecified atom stereocenters. The van der Waals surface area contributed by atoms with E-state index in [1.165, 1.54) is 20.3 Å². The highest BCUT2D eigenvalue weighted by molar-refractivity contribution is 6.57. The lowest BCUT2D eigenvalue weighted by Crippen LogP contribution is -2.33. The Kier molecular flexibility index (Phi) is 3.32. The van der Waals surface area contributed by atoms with E-state index in [0.717, 1.165) is 5.56 Å². The molecule has 0 spiro atoms. The Morgan fingerprint density at radius 3 is 2.36 bits per heavy atom. The van der Waals surface area contributed by atoms with Crippen LogP contribution in [0.15, 0.2) is 6.07 Å². The fraction of sp³-hybridized carbons (Fsp3) is 0.375. The smallest absolute Gasteiger partial charge is 0.496 e. The average Bonchev–Trinajstić information content (AvgIpc) is 2.17. The predicted octanol–water partition coefficient (Wildman–Crippen LogP) is -0.913. The number of aromatic nitrogens is 1. The number of hydrogen-bond donors (Lipinski definition) is 2. The third-order valence-corrected chi connectivity index (χ3v) is 1.88. The van der Waals surface area contributed by atoms with Crippen LogP contribution in [0.25, 0.3) is 0 Å². The number of nitrogens with zero attached hydrogens (tertiary/aromatic N) is 1. The van der Waals surface area contributed by atoms with E-state index in [4.69, 9.17) is 19.5 Å². The van der Waals surface area contributed by atoms with Crippen LogP contribution in [0.3, 0.4) is 0 Å². The average molecular weight is 197 g/mol. The molecule has 14 heavy (non-hydrogen) atoms. The van der Waals surface area contributed by atoms with Crippen LogP contribution in [-0.4, -0.2) is 36.4 Å². The van der Waals surface area contributed by atoms with Crippen molar-refractivity contribution in [2.45, 2.75) is 6.92 Å². The monoisotopic (exact) mass is 197 g/mol. The zero-order chi connectivity index (χ0) is 10.7. The summed E-state index contributed by atoms with van der Waals surface area (Å²) in [5.41, 5.74) is 0.823. The second-order valence-corrected chi connectivity index (χ2v) is 2.76. The van der Waals surface area contributed by atoms with Gasteiger partial charge in [-0.15, -0.1) is 0 Å². The first-order valence-electron chi connectivity index (χ1n) is 4.05. The van der Waals surface area contributed by atoms with Crippen molar-refractivity contribution in [3.05, 3.63) is 11.6 Å². The third-order valence-electron chi connectivity index (χ3n) is 1.88. The molecule has 2 N–H and O–H groups in total. The summed E-state index contributed by atoms with van der Waals surface area (Å²) in [5, 5.41) is 17.9. The molecule has 1 heterocycles. The van der Waals surface area contributed by atoms with Gasteiger partial charge in [0.2, 0.25) is 5.88 Å². The maximum absolute atomic E-state index is 8.94. The van der Waals surface area contributed by atoms with Gasteiger partial charge in [-0.25, -0.2) is 4.98 Å². The molecule has 5 nitrogen and oxygen atoms in total. The molecule has 1 aromatic heterocycles. The maximum Gasteiger partial charge on any atom is 0.508 e. The molecule has 6 heteroatoms. The Balaban J connectivity index is 3.25. The Morgan fingerprint density at radius 2 is 1.93 bits per heavy atom. The van der Waals surface area contributed by atoms with Crippen LogP contribution in [0.5, 0.6) is 11.6 Å². The van der Waals surface area contributed by atoms with Gasteiger partial charge in [0.1, 0.15) is 5.75 Å². The number of pyridine rings is 1. The molecule has 1 aromatic rings. The lowest BCUT2D eigenvalue weighted by Gasteiger charge is -2.10. The van der Waals surface area contributed by atoms with Gasteiger partial charge in [-0.3, -0.25) is 0 Å². The normalized spacial score (nSPS) is 9.79. The second-order valence-electron chi connectivity index (χ2n) is 2.76. The van der Waals surface area contributed by atoms with Crippen molar-refractivity contribution in [1.82, 2.24) is 4.98 Å². The highest BCUT2D eigenvalue weighted by Crippen LogP contribution is 2.23. The topological polar surface area (TPSA) is 71.8 Å². The maximum atomic E-state index is 8.94. The Morgan fingerprint density at radius 1 is 1.29 bits per heavy atom. The van der Waals surface area contributed by atoms with Crippen LogP contribution in [0.4, 0.5) is 0 Å². The van der Waals surface area contributed by atoms with Crippen molar-refractivity contribution in [1.29, 1.82) is 0 Å². The molecule has 0 atom stereocenters. The van der Waals surface area contributed by atoms with Gasteiger partial charge in [-0.05, 0) is 13.0 Å². The quantitative estimate of drug-likeness (QED) is 0.613. The van der Waals surface area contributed by atoms with E-state index >= 15 is 0 Å². The van der Waals surface area contributed by atoms with Crippen LogP contribution in [0.2, 0.25) is 0 Å². The largest absolute Gasteiger partial charge is 0.508 e. The number of methoxy groups -OCH3 is 2. The van der Waals surface area contributed by atoms with Gasteiger partial charge >= 0.3 is 7.12 Å². The van der Waals surface area contributed by atoms with E-state index in [9.17, 15) is 0 Å². The number of ether oxygens (including phenoxy) is 2. The summed E-state index contributed by atoms with van der Waals surface area (Å²) in [6.45, 7) is 1.78. The van der Waals surface area contributed by atoms with Gasteiger partial charge in [0.05, 0.1) is 25.4 Å². The summed E-state index contributed by atoms with van der Waals surface area (Å²) in [6.07, 6.45) is 0. The first-order valence-corrected chi connectivity index (χ1v) is 4.05. The molecule has 0 aliphatic rings. The molecule has 0 radical (unpaired) electrons. The Bertz CT molecular complexity index is 304. The van der Waals surface area contributed by atoms with Crippen LogP contribution in [0.1, 0.15) is 5.56 Å². The first-order chi connectivity index (χ1) is 6.60. The van der Waals surface area contributed by atoms with Crippen molar-refractivity contribution < 1.29 is 19.5 Å². The molecular weight excluding hydrogens is 185 g/mol. The van der Waals surface area contributed by atoms with Gasteiger partial charge in [0, 0.05) is 0 Å². The molecule has 0 aliphatic carbocycles. The molecule has 76 valence electrons. The van der Waals surface area contributed by atoms with Crippen LogP contribution < -0.4 is 15.1 Å². The number of rotatable bonds is 3. The van der Waals surface area contributed by atoms with Crippen LogP contribution in [0, 0.1) is 6.92 Å². The van der Waals surface area contributed by atoms with Gasteiger partial charge in [0.15, 0.2) is 0 Å². The highest BCUT2D eigenvalue weighted by atomic mass is 16.5. The molecule has 0 aromatic carbocycles. The molecule has 0 aliphatic heterocycles. The summed E-state index contributed by atoms with van der Waals surface area (Å²) >= 11 is 0. The SMILES string of the molecule is COc1cc(B(O)O)nc(OC)c1C. The van der Waals surface area contributed by atoms with Gasteiger partial charge in [0.25, 0.3) is 0 Å². The Labute approximate surface area is 82.5 Å². The lowest BCUT2D eigenvalue weighted by atomic mass is 9.85. The second kappa shape index (κ2) is 4.30. The fourth-order valence-electron chi connectivity index (χ4n) is 1.12. The number of hydrogen-bond acceptors (Lipinski definition) is 5. The van der Waals surface area contributed by atoms with E-state index in [-0.39, 0.29) is 5.59 Å². The summed E-state index contributed by atoms with van der Waals surface area (Å²) in [4.78, 5) is 3.90. The molecule has 0 amide bonds. The van der Waals surface area contributed by atoms with Crippen molar-refractivity contribution in [2.75, 3.05) is 14.2 Å². The van der Waals surface area contributed by atoms with E-state index in [2.05, 4.69) is 4.98 Å². The summed E-state index contributed by atoms with van der Waals surface area (Å²) < 4.78 is 10.0. The zero-order valence-electron chi connectivity index (χ0n) is 8.31. The predicted molar refractivity (Wildman–Crippen MR) is 51.9 cm³/mol. The minimum absolute atomic E-state index is 0.101. The van der Waals surface area contributed by atoms with E-state index in [1.54, 1.807) is 6.92 Å².